The molecule has 0 aliphatic heterocycles. The number of hydrogen-bond donors (Lipinski definition) is 0. The van der Waals surface area contributed by atoms with Crippen LogP contribution in [0.1, 0.15) is 16.8 Å². The minimum absolute atomic E-state index is 0.148. The number of rotatable bonds is 3. The summed E-state index contributed by atoms with van der Waals surface area (Å²) in [6.07, 6.45) is 1.75. The summed E-state index contributed by atoms with van der Waals surface area (Å²) in [6, 6.07) is 1.22. The van der Waals surface area contributed by atoms with E-state index in [2.05, 4.69) is 9.72 Å². The lowest BCUT2D eigenvalue weighted by Crippen LogP contribution is -2.11. The third-order valence-electron chi connectivity index (χ3n) is 1.61. The Balaban J connectivity index is 2.80. The largest absolute Gasteiger partial charge is 0.469 e. The third kappa shape index (κ3) is 2.35. The first-order chi connectivity index (χ1) is 6.65. The predicted molar refractivity (Wildman–Crippen MR) is 45.2 cm³/mol. The Morgan fingerprint density at radius 3 is 2.86 bits per heavy atom. The van der Waals surface area contributed by atoms with Crippen LogP contribution in [0.15, 0.2) is 18.5 Å². The molecule has 0 bridgehead atoms. The Bertz CT molecular complexity index is 365. The van der Waals surface area contributed by atoms with Gasteiger partial charge in [0.05, 0.1) is 18.9 Å². The highest BCUT2D eigenvalue weighted by molar-refractivity contribution is 6.05. The molecule has 0 N–H and O–H groups in total. The minimum Gasteiger partial charge on any atom is -0.469 e. The van der Waals surface area contributed by atoms with Crippen LogP contribution in [0.3, 0.4) is 0 Å². The van der Waals surface area contributed by atoms with E-state index in [0.717, 1.165) is 6.20 Å². The number of esters is 1. The molecular weight excluding hydrogens is 189 g/mol. The van der Waals surface area contributed by atoms with Crippen molar-refractivity contribution < 1.29 is 18.7 Å². The van der Waals surface area contributed by atoms with Gasteiger partial charge in [-0.05, 0) is 6.07 Å². The van der Waals surface area contributed by atoms with Crippen LogP contribution in [-0.2, 0) is 9.53 Å². The van der Waals surface area contributed by atoms with Crippen LogP contribution in [-0.4, -0.2) is 23.8 Å². The van der Waals surface area contributed by atoms with E-state index in [1.54, 1.807) is 0 Å². The summed E-state index contributed by atoms with van der Waals surface area (Å²) in [5, 5.41) is 0. The zero-order valence-corrected chi connectivity index (χ0v) is 7.49. The fraction of sp³-hybridized carbons (Fsp3) is 0.222. The summed E-state index contributed by atoms with van der Waals surface area (Å²) in [4.78, 5) is 25.5. The number of ketones is 1. The maximum absolute atomic E-state index is 13.0. The topological polar surface area (TPSA) is 56.3 Å². The van der Waals surface area contributed by atoms with E-state index in [1.807, 2.05) is 0 Å². The Morgan fingerprint density at radius 1 is 1.57 bits per heavy atom. The van der Waals surface area contributed by atoms with E-state index < -0.39 is 24.0 Å². The van der Waals surface area contributed by atoms with Gasteiger partial charge in [-0.15, -0.1) is 0 Å². The van der Waals surface area contributed by atoms with Gasteiger partial charge < -0.3 is 4.74 Å². The highest BCUT2D eigenvalue weighted by Gasteiger charge is 2.15. The second kappa shape index (κ2) is 4.45. The quantitative estimate of drug-likeness (QED) is 0.411. The maximum atomic E-state index is 13.0. The van der Waals surface area contributed by atoms with Gasteiger partial charge in [-0.25, -0.2) is 4.39 Å². The molecule has 0 fully saturated rings. The second-order valence-corrected chi connectivity index (χ2v) is 2.53. The van der Waals surface area contributed by atoms with Crippen molar-refractivity contribution in [2.24, 2.45) is 0 Å². The van der Waals surface area contributed by atoms with Crippen LogP contribution in [0.5, 0.6) is 0 Å². The average Bonchev–Trinajstić information content (AvgIpc) is 2.18. The number of aromatic nitrogens is 1. The van der Waals surface area contributed by atoms with Crippen LogP contribution >= 0.6 is 0 Å². The number of pyridine rings is 1. The lowest BCUT2D eigenvalue weighted by Gasteiger charge is -2.00. The first-order valence-corrected chi connectivity index (χ1v) is 3.84. The molecule has 0 saturated heterocycles. The van der Waals surface area contributed by atoms with Crippen LogP contribution < -0.4 is 0 Å². The second-order valence-electron chi connectivity index (χ2n) is 2.53. The molecule has 4 nitrogen and oxygen atoms in total. The third-order valence-corrected chi connectivity index (χ3v) is 1.61. The smallest absolute Gasteiger partial charge is 0.313 e. The number of hydrogen-bond acceptors (Lipinski definition) is 4. The Morgan fingerprint density at radius 2 is 2.29 bits per heavy atom. The van der Waals surface area contributed by atoms with Gasteiger partial charge in [-0.2, -0.15) is 0 Å². The fourth-order valence-electron chi connectivity index (χ4n) is 0.900. The Labute approximate surface area is 79.7 Å². The number of carbonyl (C=O) groups excluding carboxylic acids is 2. The highest BCUT2D eigenvalue weighted by atomic mass is 19.1. The zero-order chi connectivity index (χ0) is 10.6. The molecule has 5 heteroatoms. The number of carbonyl (C=O) groups is 2. The van der Waals surface area contributed by atoms with Crippen LogP contribution in [0.4, 0.5) is 4.39 Å². The molecule has 0 aromatic carbocycles. The summed E-state index contributed by atoms with van der Waals surface area (Å²) in [7, 11) is 1.17. The van der Waals surface area contributed by atoms with Gasteiger partial charge in [0.2, 0.25) is 0 Å². The van der Waals surface area contributed by atoms with Gasteiger partial charge >= 0.3 is 5.97 Å². The van der Waals surface area contributed by atoms with Crippen molar-refractivity contribution >= 4 is 11.8 Å². The van der Waals surface area contributed by atoms with Gasteiger partial charge in [0, 0.05) is 6.20 Å². The molecule has 74 valence electrons. The molecule has 1 aromatic heterocycles. The number of ether oxygens (including phenoxy) is 1. The van der Waals surface area contributed by atoms with Gasteiger partial charge in [-0.3, -0.25) is 14.6 Å². The molecule has 0 saturated carbocycles. The van der Waals surface area contributed by atoms with E-state index in [4.69, 9.17) is 0 Å². The van der Waals surface area contributed by atoms with Crippen molar-refractivity contribution in [3.05, 3.63) is 29.8 Å². The molecule has 0 amide bonds. The fourth-order valence-corrected chi connectivity index (χ4v) is 0.900. The summed E-state index contributed by atoms with van der Waals surface area (Å²) in [5.74, 6) is -2.04. The lowest BCUT2D eigenvalue weighted by molar-refractivity contribution is -0.139. The monoisotopic (exact) mass is 197 g/mol. The van der Waals surface area contributed by atoms with Crippen LogP contribution in [0.25, 0.3) is 0 Å². The normalized spacial score (nSPS) is 9.57. The number of nitrogens with zero attached hydrogens (tertiary/aromatic N) is 1. The predicted octanol–water partition coefficient (Wildman–Crippen LogP) is 0.966. The Hall–Kier alpha value is -1.78. The summed E-state index contributed by atoms with van der Waals surface area (Å²) in [5.41, 5.74) is -0.148. The molecule has 0 aliphatic carbocycles. The standard InChI is InChI=1S/C9H8FNO3/c1-14-9(13)4-8(12)6-2-3-11-5-7(6)10/h2-3,5H,4H2,1H3. The molecule has 0 spiro atoms. The molecule has 14 heavy (non-hydrogen) atoms. The van der Waals surface area contributed by atoms with Gasteiger partial charge in [0.1, 0.15) is 6.42 Å². The van der Waals surface area contributed by atoms with E-state index in [9.17, 15) is 14.0 Å². The Kier molecular flexibility index (Phi) is 3.28. The van der Waals surface area contributed by atoms with E-state index in [0.29, 0.717) is 0 Å². The van der Waals surface area contributed by atoms with Crippen LogP contribution in [0, 0.1) is 5.82 Å². The average molecular weight is 197 g/mol. The van der Waals surface area contributed by atoms with Gasteiger partial charge in [0.25, 0.3) is 0 Å². The lowest BCUT2D eigenvalue weighted by atomic mass is 10.1. The van der Waals surface area contributed by atoms with Crippen molar-refractivity contribution in [2.75, 3.05) is 7.11 Å². The van der Waals surface area contributed by atoms with E-state index in [-0.39, 0.29) is 5.56 Å². The first-order valence-electron chi connectivity index (χ1n) is 3.84. The molecule has 0 radical (unpaired) electrons. The molecule has 0 atom stereocenters. The SMILES string of the molecule is COC(=O)CC(=O)c1ccncc1F. The zero-order valence-electron chi connectivity index (χ0n) is 7.49. The number of Topliss-reactive ketones (excluding diaryl/α,β-unsaturated/α-hetero) is 1. The minimum atomic E-state index is -0.735. The van der Waals surface area contributed by atoms with Gasteiger partial charge in [-0.1, -0.05) is 0 Å². The summed E-state index contributed by atoms with van der Waals surface area (Å²) in [6.45, 7) is 0. The van der Waals surface area contributed by atoms with E-state index in [1.165, 1.54) is 19.4 Å². The van der Waals surface area contributed by atoms with Crippen molar-refractivity contribution in [2.45, 2.75) is 6.42 Å². The molecule has 0 unspecified atom stereocenters. The van der Waals surface area contributed by atoms with E-state index >= 15 is 0 Å². The molecule has 1 rings (SSSR count). The maximum Gasteiger partial charge on any atom is 0.313 e. The molecule has 0 aliphatic rings. The summed E-state index contributed by atoms with van der Waals surface area (Å²) < 4.78 is 17.2. The molecule has 1 heterocycles. The highest BCUT2D eigenvalue weighted by Crippen LogP contribution is 2.07. The summed E-state index contributed by atoms with van der Waals surface area (Å²) >= 11 is 0. The number of halogens is 1. The van der Waals surface area contributed by atoms with Crippen molar-refractivity contribution in [1.82, 2.24) is 4.98 Å². The van der Waals surface area contributed by atoms with Crippen molar-refractivity contribution in [1.29, 1.82) is 0 Å². The number of methoxy groups -OCH3 is 1. The first kappa shape index (κ1) is 10.3. The van der Waals surface area contributed by atoms with Crippen molar-refractivity contribution in [3.8, 4) is 0 Å². The van der Waals surface area contributed by atoms with Gasteiger partial charge in [0.15, 0.2) is 11.6 Å². The van der Waals surface area contributed by atoms with Crippen LogP contribution in [0.2, 0.25) is 0 Å². The van der Waals surface area contributed by atoms with Crippen molar-refractivity contribution in [3.63, 3.8) is 0 Å². The molecule has 1 aromatic rings. The molecular formula is C9H8FNO3.